The zero-order chi connectivity index (χ0) is 13.1. The van der Waals surface area contributed by atoms with E-state index >= 15 is 0 Å². The van der Waals surface area contributed by atoms with Gasteiger partial charge in [0, 0.05) is 5.69 Å². The van der Waals surface area contributed by atoms with Crippen LogP contribution in [0.1, 0.15) is 0 Å². The zero-order valence-corrected chi connectivity index (χ0v) is 10.0. The van der Waals surface area contributed by atoms with Crippen LogP contribution in [0.15, 0.2) is 18.2 Å². The summed E-state index contributed by atoms with van der Waals surface area (Å²) in [7, 11) is 0. The van der Waals surface area contributed by atoms with Crippen molar-refractivity contribution in [1.29, 1.82) is 0 Å². The van der Waals surface area contributed by atoms with E-state index in [-0.39, 0.29) is 11.6 Å². The van der Waals surface area contributed by atoms with Crippen LogP contribution in [-0.4, -0.2) is 31.0 Å². The highest BCUT2D eigenvalue weighted by Crippen LogP contribution is 2.25. The zero-order valence-electron chi connectivity index (χ0n) is 9.28. The fourth-order valence-corrected chi connectivity index (χ4v) is 1.66. The molecule has 2 amide bonds. The van der Waals surface area contributed by atoms with Crippen LogP contribution < -0.4 is 10.2 Å². The van der Waals surface area contributed by atoms with E-state index in [9.17, 15) is 14.0 Å². The van der Waals surface area contributed by atoms with Crippen LogP contribution in [0.4, 0.5) is 20.6 Å². The Labute approximate surface area is 107 Å². The number of nitrogens with one attached hydrogen (secondary N) is 1. The number of anilines is 2. The largest absolute Gasteiger partial charge is 0.447 e. The minimum absolute atomic E-state index is 0.0159. The number of halogens is 2. The van der Waals surface area contributed by atoms with Crippen molar-refractivity contribution in [2.45, 2.75) is 0 Å². The average molecular weight is 273 g/mol. The highest BCUT2D eigenvalue weighted by Gasteiger charge is 2.24. The summed E-state index contributed by atoms with van der Waals surface area (Å²) in [6, 6.07) is 3.98. The molecule has 1 aromatic carbocycles. The first-order chi connectivity index (χ1) is 8.61. The second-order valence-electron chi connectivity index (χ2n) is 3.61. The Hall–Kier alpha value is -1.82. The van der Waals surface area contributed by atoms with Crippen LogP contribution in [0.5, 0.6) is 0 Å². The molecule has 1 N–H and O–H groups in total. The second-order valence-corrected chi connectivity index (χ2v) is 3.88. The molecule has 0 aromatic heterocycles. The molecule has 1 saturated heterocycles. The Kier molecular flexibility index (Phi) is 3.66. The third-order valence-corrected chi connectivity index (χ3v) is 2.66. The van der Waals surface area contributed by atoms with Gasteiger partial charge in [-0.2, -0.15) is 0 Å². The van der Waals surface area contributed by atoms with Gasteiger partial charge in [0.25, 0.3) is 0 Å². The number of ether oxygens (including phenoxy) is 1. The lowest BCUT2D eigenvalue weighted by Crippen LogP contribution is -2.23. The van der Waals surface area contributed by atoms with Gasteiger partial charge in [-0.1, -0.05) is 0 Å². The number of cyclic esters (lactones) is 1. The molecule has 1 heterocycles. The van der Waals surface area contributed by atoms with Gasteiger partial charge in [0.2, 0.25) is 5.91 Å². The predicted molar refractivity (Wildman–Crippen MR) is 64.4 cm³/mol. The summed E-state index contributed by atoms with van der Waals surface area (Å²) in [4.78, 5) is 23.8. The molecule has 1 aliphatic heterocycles. The van der Waals surface area contributed by atoms with Crippen LogP contribution in [0.25, 0.3) is 0 Å². The summed E-state index contributed by atoms with van der Waals surface area (Å²) in [5, 5.41) is 2.31. The molecule has 18 heavy (non-hydrogen) atoms. The van der Waals surface area contributed by atoms with Crippen molar-refractivity contribution < 1.29 is 18.7 Å². The number of rotatable bonds is 3. The number of carbonyl (C=O) groups is 2. The molecule has 96 valence electrons. The number of nitrogens with zero attached hydrogens (tertiary/aromatic N) is 1. The smallest absolute Gasteiger partial charge is 0.414 e. The normalized spacial score (nSPS) is 14.6. The molecule has 1 aliphatic rings. The molecule has 5 nitrogen and oxygen atoms in total. The van der Waals surface area contributed by atoms with E-state index in [0.29, 0.717) is 18.8 Å². The summed E-state index contributed by atoms with van der Waals surface area (Å²) in [6.45, 7) is 0.687. The van der Waals surface area contributed by atoms with E-state index in [1.807, 2.05) is 0 Å². The molecule has 1 fully saturated rings. The molecule has 7 heteroatoms. The Morgan fingerprint density at radius 2 is 2.33 bits per heavy atom. The molecule has 0 radical (unpaired) electrons. The van der Waals surface area contributed by atoms with E-state index < -0.39 is 17.8 Å². The van der Waals surface area contributed by atoms with E-state index in [2.05, 4.69) is 5.32 Å². The lowest BCUT2D eigenvalue weighted by atomic mass is 10.2. The lowest BCUT2D eigenvalue weighted by molar-refractivity contribution is -0.113. The summed E-state index contributed by atoms with van der Waals surface area (Å²) in [5.74, 6) is -1.38. The number of carbonyl (C=O) groups excluding carboxylic acids is 2. The van der Waals surface area contributed by atoms with Gasteiger partial charge < -0.3 is 10.1 Å². The van der Waals surface area contributed by atoms with Gasteiger partial charge in [0.15, 0.2) is 0 Å². The second kappa shape index (κ2) is 5.22. The standard InChI is InChI=1S/C11H10ClFN2O3/c12-6-10(16)14-9-5-7(1-2-8(9)13)15-3-4-18-11(15)17/h1-2,5H,3-4,6H2,(H,14,16). The van der Waals surface area contributed by atoms with Crippen molar-refractivity contribution in [3.8, 4) is 0 Å². The molecule has 0 atom stereocenters. The lowest BCUT2D eigenvalue weighted by Gasteiger charge is -2.14. The number of hydrogen-bond acceptors (Lipinski definition) is 3. The van der Waals surface area contributed by atoms with Crippen molar-refractivity contribution in [3.63, 3.8) is 0 Å². The quantitative estimate of drug-likeness (QED) is 0.856. The van der Waals surface area contributed by atoms with E-state index in [1.54, 1.807) is 0 Å². The van der Waals surface area contributed by atoms with Gasteiger partial charge in [-0.15, -0.1) is 11.6 Å². The first-order valence-electron chi connectivity index (χ1n) is 5.21. The van der Waals surface area contributed by atoms with Crippen LogP contribution in [-0.2, 0) is 9.53 Å². The highest BCUT2D eigenvalue weighted by atomic mass is 35.5. The van der Waals surface area contributed by atoms with Crippen LogP contribution in [0.3, 0.4) is 0 Å². The molecular weight excluding hydrogens is 263 g/mol. The SMILES string of the molecule is O=C(CCl)Nc1cc(N2CCOC2=O)ccc1F. The fourth-order valence-electron chi connectivity index (χ4n) is 1.59. The van der Waals surface area contributed by atoms with E-state index in [4.69, 9.17) is 16.3 Å². The molecular formula is C11H10ClFN2O3. The Bertz CT molecular complexity index is 495. The highest BCUT2D eigenvalue weighted by molar-refractivity contribution is 6.29. The molecule has 0 aliphatic carbocycles. The van der Waals surface area contributed by atoms with Crippen molar-refractivity contribution in [3.05, 3.63) is 24.0 Å². The van der Waals surface area contributed by atoms with Gasteiger partial charge in [0.05, 0.1) is 12.2 Å². The summed E-state index contributed by atoms with van der Waals surface area (Å²) in [5.41, 5.74) is 0.446. The van der Waals surface area contributed by atoms with E-state index in [1.165, 1.54) is 23.1 Å². The van der Waals surface area contributed by atoms with Crippen molar-refractivity contribution >= 4 is 35.0 Å². The maximum absolute atomic E-state index is 13.5. The predicted octanol–water partition coefficient (Wildman–Crippen LogP) is 1.96. The van der Waals surface area contributed by atoms with Crippen molar-refractivity contribution in [2.24, 2.45) is 0 Å². The third kappa shape index (κ3) is 2.53. The third-order valence-electron chi connectivity index (χ3n) is 2.42. The summed E-state index contributed by atoms with van der Waals surface area (Å²) in [6.07, 6.45) is -0.490. The minimum Gasteiger partial charge on any atom is -0.447 e. The number of amides is 2. The average Bonchev–Trinajstić information content (AvgIpc) is 2.78. The van der Waals surface area contributed by atoms with Gasteiger partial charge in [-0.25, -0.2) is 9.18 Å². The summed E-state index contributed by atoms with van der Waals surface area (Å²) >= 11 is 5.33. The van der Waals surface area contributed by atoms with Crippen LogP contribution in [0, 0.1) is 5.82 Å². The first kappa shape index (κ1) is 12.6. The fraction of sp³-hybridized carbons (Fsp3) is 0.273. The molecule has 0 unspecified atom stereocenters. The number of benzene rings is 1. The van der Waals surface area contributed by atoms with Crippen molar-refractivity contribution in [1.82, 2.24) is 0 Å². The van der Waals surface area contributed by atoms with Crippen LogP contribution >= 0.6 is 11.6 Å². The molecule has 0 bridgehead atoms. The maximum Gasteiger partial charge on any atom is 0.414 e. The van der Waals surface area contributed by atoms with Gasteiger partial charge >= 0.3 is 6.09 Å². The molecule has 0 spiro atoms. The summed E-state index contributed by atoms with van der Waals surface area (Å²) < 4.78 is 18.2. The monoisotopic (exact) mass is 272 g/mol. The minimum atomic E-state index is -0.593. The Morgan fingerprint density at radius 3 is 2.94 bits per heavy atom. The van der Waals surface area contributed by atoms with Crippen molar-refractivity contribution in [2.75, 3.05) is 29.2 Å². The van der Waals surface area contributed by atoms with E-state index in [0.717, 1.165) is 0 Å². The topological polar surface area (TPSA) is 58.6 Å². The Balaban J connectivity index is 2.25. The maximum atomic E-state index is 13.5. The first-order valence-corrected chi connectivity index (χ1v) is 5.75. The Morgan fingerprint density at radius 1 is 1.56 bits per heavy atom. The molecule has 2 rings (SSSR count). The number of alkyl halides is 1. The van der Waals surface area contributed by atoms with Crippen LogP contribution in [0.2, 0.25) is 0 Å². The molecule has 1 aromatic rings. The van der Waals surface area contributed by atoms with Gasteiger partial charge in [0.1, 0.15) is 18.3 Å². The number of hydrogen-bond donors (Lipinski definition) is 1. The molecule has 0 saturated carbocycles. The van der Waals surface area contributed by atoms with Gasteiger partial charge in [-0.3, -0.25) is 9.69 Å². The van der Waals surface area contributed by atoms with Gasteiger partial charge in [-0.05, 0) is 18.2 Å².